The summed E-state index contributed by atoms with van der Waals surface area (Å²) in [5.74, 6) is -0.246. The van der Waals surface area contributed by atoms with E-state index in [-0.39, 0.29) is 23.3 Å². The van der Waals surface area contributed by atoms with E-state index < -0.39 is 5.91 Å². The lowest BCUT2D eigenvalue weighted by Crippen LogP contribution is -2.15. The molecular weight excluding hydrogens is 344 g/mol. The lowest BCUT2D eigenvalue weighted by atomic mass is 10.0. The van der Waals surface area contributed by atoms with Crippen LogP contribution in [-0.2, 0) is 0 Å². The Morgan fingerprint density at radius 3 is 2.37 bits per heavy atom. The van der Waals surface area contributed by atoms with E-state index in [2.05, 4.69) is 15.4 Å². The van der Waals surface area contributed by atoms with Gasteiger partial charge < -0.3 is 16.8 Å². The van der Waals surface area contributed by atoms with Gasteiger partial charge in [0.1, 0.15) is 22.9 Å². The van der Waals surface area contributed by atoms with Crippen LogP contribution >= 0.6 is 0 Å². The van der Waals surface area contributed by atoms with Crippen LogP contribution in [0, 0.1) is 0 Å². The normalized spacial score (nSPS) is 10.8. The van der Waals surface area contributed by atoms with Gasteiger partial charge in [0.2, 0.25) is 0 Å². The highest BCUT2D eigenvalue weighted by Crippen LogP contribution is 2.29. The first-order chi connectivity index (χ1) is 12.9. The fourth-order valence-corrected chi connectivity index (χ4v) is 2.69. The highest BCUT2D eigenvalue weighted by molar-refractivity contribution is 6.05. The van der Waals surface area contributed by atoms with Gasteiger partial charge in [0, 0.05) is 23.4 Å². The number of nitrogens with one attached hydrogen (secondary N) is 1. The van der Waals surface area contributed by atoms with Gasteiger partial charge in [-0.15, -0.1) is 0 Å². The smallest absolute Gasteiger partial charge is 0.256 e. The number of carbonyl (C=O) groups is 2. The van der Waals surface area contributed by atoms with Crippen LogP contribution in [0.25, 0.3) is 11.3 Å². The first kappa shape index (κ1) is 18.1. The molecular formula is C19H20N6O2. The number of hydrogen-bond donors (Lipinski definition) is 3. The van der Waals surface area contributed by atoms with Gasteiger partial charge in [0.15, 0.2) is 0 Å². The van der Waals surface area contributed by atoms with Crippen molar-refractivity contribution in [2.45, 2.75) is 19.9 Å². The second kappa shape index (κ2) is 7.28. The van der Waals surface area contributed by atoms with Crippen molar-refractivity contribution in [3.63, 3.8) is 0 Å². The minimum Gasteiger partial charge on any atom is -0.383 e. The maximum absolute atomic E-state index is 12.3. The van der Waals surface area contributed by atoms with Crippen molar-refractivity contribution >= 4 is 23.5 Å². The Balaban J connectivity index is 1.91. The fourth-order valence-electron chi connectivity index (χ4n) is 2.69. The topological polar surface area (TPSA) is 129 Å². The van der Waals surface area contributed by atoms with Crippen LogP contribution in [0.4, 0.5) is 11.6 Å². The molecule has 3 aromatic rings. The molecule has 0 saturated heterocycles. The van der Waals surface area contributed by atoms with Crippen LogP contribution in [0.15, 0.2) is 48.7 Å². The van der Waals surface area contributed by atoms with Crippen LogP contribution < -0.4 is 16.8 Å². The Kier molecular flexibility index (Phi) is 4.89. The quantitative estimate of drug-likeness (QED) is 0.640. The summed E-state index contributed by atoms with van der Waals surface area (Å²) in [5, 5.41) is 7.13. The van der Waals surface area contributed by atoms with E-state index in [0.29, 0.717) is 22.6 Å². The number of rotatable bonds is 5. The molecule has 0 bridgehead atoms. The summed E-state index contributed by atoms with van der Waals surface area (Å²) in [4.78, 5) is 28.2. The van der Waals surface area contributed by atoms with E-state index in [4.69, 9.17) is 11.5 Å². The number of nitrogen functional groups attached to an aromatic ring is 1. The molecule has 27 heavy (non-hydrogen) atoms. The number of hydrogen-bond acceptors (Lipinski definition) is 5. The zero-order valence-electron chi connectivity index (χ0n) is 15.0. The minimum absolute atomic E-state index is 0.0275. The SMILES string of the molecule is CC(C)n1nc(-c2ccc(C(=O)Nc3ccccn3)cc2)c(C(N)=O)c1N. The first-order valence-electron chi connectivity index (χ1n) is 8.39. The fraction of sp³-hybridized carbons (Fsp3) is 0.158. The zero-order valence-corrected chi connectivity index (χ0v) is 15.0. The maximum Gasteiger partial charge on any atom is 0.256 e. The predicted octanol–water partition coefficient (Wildman–Crippen LogP) is 2.46. The lowest BCUT2D eigenvalue weighted by Gasteiger charge is -2.07. The van der Waals surface area contributed by atoms with Crippen LogP contribution in [0.2, 0.25) is 0 Å². The van der Waals surface area contributed by atoms with Gasteiger partial charge in [0.25, 0.3) is 11.8 Å². The number of nitrogens with two attached hydrogens (primary N) is 2. The van der Waals surface area contributed by atoms with Gasteiger partial charge in [-0.2, -0.15) is 5.10 Å². The van der Waals surface area contributed by atoms with Gasteiger partial charge in [0.05, 0.1) is 0 Å². The number of pyridine rings is 1. The molecule has 0 aliphatic rings. The van der Waals surface area contributed by atoms with Gasteiger partial charge >= 0.3 is 0 Å². The molecule has 2 aromatic heterocycles. The highest BCUT2D eigenvalue weighted by Gasteiger charge is 2.22. The third kappa shape index (κ3) is 3.64. The second-order valence-corrected chi connectivity index (χ2v) is 6.26. The van der Waals surface area contributed by atoms with Gasteiger partial charge in [-0.25, -0.2) is 9.67 Å². The summed E-state index contributed by atoms with van der Waals surface area (Å²) in [7, 11) is 0. The van der Waals surface area contributed by atoms with Crippen LogP contribution in [0.3, 0.4) is 0 Å². The van der Waals surface area contributed by atoms with Crippen LogP contribution in [0.1, 0.15) is 40.6 Å². The number of anilines is 2. The number of aromatic nitrogens is 3. The molecule has 0 fully saturated rings. The number of primary amides is 1. The zero-order chi connectivity index (χ0) is 19.6. The molecule has 0 spiro atoms. The number of amides is 2. The summed E-state index contributed by atoms with van der Waals surface area (Å²) in [6.07, 6.45) is 1.60. The van der Waals surface area contributed by atoms with Crippen molar-refractivity contribution < 1.29 is 9.59 Å². The Labute approximate surface area is 156 Å². The van der Waals surface area contributed by atoms with Crippen molar-refractivity contribution in [2.75, 3.05) is 11.1 Å². The van der Waals surface area contributed by atoms with E-state index in [9.17, 15) is 9.59 Å². The molecule has 2 amide bonds. The Morgan fingerprint density at radius 2 is 1.81 bits per heavy atom. The third-order valence-corrected chi connectivity index (χ3v) is 4.01. The van der Waals surface area contributed by atoms with E-state index in [1.54, 1.807) is 53.3 Å². The molecule has 8 heteroatoms. The summed E-state index contributed by atoms with van der Waals surface area (Å²) >= 11 is 0. The summed E-state index contributed by atoms with van der Waals surface area (Å²) in [6.45, 7) is 3.81. The summed E-state index contributed by atoms with van der Waals surface area (Å²) in [6, 6.07) is 11.9. The second-order valence-electron chi connectivity index (χ2n) is 6.26. The Hall–Kier alpha value is -3.68. The van der Waals surface area contributed by atoms with Crippen molar-refractivity contribution in [1.29, 1.82) is 0 Å². The van der Waals surface area contributed by atoms with E-state index in [1.807, 2.05) is 13.8 Å². The van der Waals surface area contributed by atoms with Crippen molar-refractivity contribution in [3.8, 4) is 11.3 Å². The number of carbonyl (C=O) groups excluding carboxylic acids is 2. The molecule has 138 valence electrons. The van der Waals surface area contributed by atoms with Gasteiger partial charge in [-0.3, -0.25) is 9.59 Å². The Bertz CT molecular complexity index is 977. The van der Waals surface area contributed by atoms with Crippen molar-refractivity contribution in [1.82, 2.24) is 14.8 Å². The van der Waals surface area contributed by atoms with Gasteiger partial charge in [-0.05, 0) is 38.1 Å². The molecule has 0 radical (unpaired) electrons. The standard InChI is InChI=1S/C19H20N6O2/c1-11(2)25-17(20)15(18(21)26)16(24-25)12-6-8-13(9-7-12)19(27)23-14-5-3-4-10-22-14/h3-11H,20H2,1-2H3,(H2,21,26)(H,22,23,27). The Morgan fingerprint density at radius 1 is 1.11 bits per heavy atom. The molecule has 0 aliphatic heterocycles. The summed E-state index contributed by atoms with van der Waals surface area (Å²) in [5.41, 5.74) is 13.2. The van der Waals surface area contributed by atoms with Crippen molar-refractivity contribution in [3.05, 3.63) is 59.8 Å². The molecule has 5 N–H and O–H groups in total. The number of nitrogens with zero attached hydrogens (tertiary/aromatic N) is 3. The monoisotopic (exact) mass is 364 g/mol. The molecule has 0 aliphatic carbocycles. The van der Waals surface area contributed by atoms with Gasteiger partial charge in [-0.1, -0.05) is 18.2 Å². The average molecular weight is 364 g/mol. The van der Waals surface area contributed by atoms with Crippen LogP contribution in [-0.4, -0.2) is 26.6 Å². The molecule has 0 atom stereocenters. The molecule has 2 heterocycles. The predicted molar refractivity (Wildman–Crippen MR) is 103 cm³/mol. The van der Waals surface area contributed by atoms with E-state index in [1.165, 1.54) is 0 Å². The highest BCUT2D eigenvalue weighted by atomic mass is 16.2. The lowest BCUT2D eigenvalue weighted by molar-refractivity contribution is 0.0998. The van der Waals surface area contributed by atoms with Crippen molar-refractivity contribution in [2.24, 2.45) is 5.73 Å². The van der Waals surface area contributed by atoms with Crippen LogP contribution in [0.5, 0.6) is 0 Å². The maximum atomic E-state index is 12.3. The third-order valence-electron chi connectivity index (χ3n) is 4.01. The number of benzene rings is 1. The molecule has 1 aromatic carbocycles. The largest absolute Gasteiger partial charge is 0.383 e. The molecule has 0 unspecified atom stereocenters. The van der Waals surface area contributed by atoms with E-state index >= 15 is 0 Å². The molecule has 3 rings (SSSR count). The molecule has 0 saturated carbocycles. The molecule has 8 nitrogen and oxygen atoms in total. The van der Waals surface area contributed by atoms with E-state index in [0.717, 1.165) is 0 Å². The first-order valence-corrected chi connectivity index (χ1v) is 8.39. The average Bonchev–Trinajstić information content (AvgIpc) is 3.00. The summed E-state index contributed by atoms with van der Waals surface area (Å²) < 4.78 is 1.55. The minimum atomic E-state index is -0.647.